The predicted octanol–water partition coefficient (Wildman–Crippen LogP) is 3.13. The summed E-state index contributed by atoms with van der Waals surface area (Å²) in [5.74, 6) is 1.49. The summed E-state index contributed by atoms with van der Waals surface area (Å²) in [5, 5.41) is 9.38. The lowest BCUT2D eigenvalue weighted by atomic mass is 9.94. The largest absolute Gasteiger partial charge is 0.496 e. The molecule has 0 bridgehead atoms. The van der Waals surface area contributed by atoms with E-state index in [2.05, 4.69) is 32.0 Å². The van der Waals surface area contributed by atoms with Crippen LogP contribution in [0.3, 0.4) is 0 Å². The first-order valence-corrected chi connectivity index (χ1v) is 6.38. The van der Waals surface area contributed by atoms with Crippen LogP contribution >= 0.6 is 0 Å². The molecule has 1 aromatic rings. The van der Waals surface area contributed by atoms with Gasteiger partial charge in [-0.3, -0.25) is 0 Å². The maximum atomic E-state index is 9.38. The van der Waals surface area contributed by atoms with Gasteiger partial charge >= 0.3 is 0 Å². The fourth-order valence-corrected chi connectivity index (χ4v) is 2.24. The molecule has 1 aromatic carbocycles. The number of aliphatic hydroxyl groups excluding tert-OH is 1. The first-order valence-electron chi connectivity index (χ1n) is 6.38. The Bertz CT molecular complexity index is 392. The van der Waals surface area contributed by atoms with Crippen molar-refractivity contribution in [3.05, 3.63) is 29.3 Å². The zero-order valence-corrected chi connectivity index (χ0v) is 11.0. The van der Waals surface area contributed by atoms with E-state index in [1.54, 1.807) is 7.11 Å². The quantitative estimate of drug-likeness (QED) is 0.848. The highest BCUT2D eigenvalue weighted by atomic mass is 16.5. The van der Waals surface area contributed by atoms with Gasteiger partial charge in [0, 0.05) is 6.61 Å². The second-order valence-electron chi connectivity index (χ2n) is 5.56. The third kappa shape index (κ3) is 2.63. The fourth-order valence-electron chi connectivity index (χ4n) is 2.24. The van der Waals surface area contributed by atoms with E-state index >= 15 is 0 Å². The Hall–Kier alpha value is -1.02. The minimum atomic E-state index is 0.145. The van der Waals surface area contributed by atoms with Gasteiger partial charge in [0.05, 0.1) is 7.11 Å². The Morgan fingerprint density at radius 1 is 1.35 bits per heavy atom. The maximum absolute atomic E-state index is 9.38. The van der Waals surface area contributed by atoms with Crippen molar-refractivity contribution in [2.75, 3.05) is 13.7 Å². The highest BCUT2D eigenvalue weighted by Crippen LogP contribution is 2.49. The van der Waals surface area contributed by atoms with E-state index in [9.17, 15) is 5.11 Å². The van der Waals surface area contributed by atoms with Gasteiger partial charge in [-0.25, -0.2) is 0 Å². The van der Waals surface area contributed by atoms with E-state index in [0.29, 0.717) is 12.5 Å². The number of benzene rings is 1. The number of rotatable bonds is 5. The Morgan fingerprint density at radius 2 is 2.06 bits per heavy atom. The Morgan fingerprint density at radius 3 is 2.53 bits per heavy atom. The number of aliphatic hydroxyl groups is 1. The van der Waals surface area contributed by atoms with Gasteiger partial charge in [0.2, 0.25) is 0 Å². The van der Waals surface area contributed by atoms with E-state index < -0.39 is 0 Å². The first kappa shape index (κ1) is 12.4. The molecule has 0 unspecified atom stereocenters. The second-order valence-corrected chi connectivity index (χ2v) is 5.56. The van der Waals surface area contributed by atoms with Gasteiger partial charge < -0.3 is 9.84 Å². The molecule has 1 aliphatic carbocycles. The number of hydrogen-bond acceptors (Lipinski definition) is 2. The Kier molecular flexibility index (Phi) is 3.43. The molecule has 2 nitrogen and oxygen atoms in total. The summed E-state index contributed by atoms with van der Waals surface area (Å²) >= 11 is 0. The van der Waals surface area contributed by atoms with E-state index in [4.69, 9.17) is 4.74 Å². The van der Waals surface area contributed by atoms with Crippen LogP contribution in [0, 0.1) is 5.41 Å². The molecular formula is C15H22O2. The predicted molar refractivity (Wildman–Crippen MR) is 69.5 cm³/mol. The van der Waals surface area contributed by atoms with Crippen LogP contribution in [-0.2, 0) is 6.42 Å². The molecule has 0 aromatic heterocycles. The molecule has 1 fully saturated rings. The average molecular weight is 234 g/mol. The van der Waals surface area contributed by atoms with Crippen LogP contribution in [0.25, 0.3) is 0 Å². The normalized spacial score (nSPS) is 17.2. The van der Waals surface area contributed by atoms with Gasteiger partial charge in [0.25, 0.3) is 0 Å². The zero-order chi connectivity index (χ0) is 12.5. The van der Waals surface area contributed by atoms with Crippen LogP contribution in [-0.4, -0.2) is 18.8 Å². The van der Waals surface area contributed by atoms with Crippen molar-refractivity contribution < 1.29 is 9.84 Å². The maximum Gasteiger partial charge on any atom is 0.122 e. The fraction of sp³-hybridized carbons (Fsp3) is 0.600. The molecule has 1 N–H and O–H groups in total. The second kappa shape index (κ2) is 4.69. The van der Waals surface area contributed by atoms with Crippen molar-refractivity contribution in [1.29, 1.82) is 0 Å². The van der Waals surface area contributed by atoms with Crippen LogP contribution in [0.2, 0.25) is 0 Å². The molecule has 1 aliphatic rings. The van der Waals surface area contributed by atoms with Crippen LogP contribution in [0.4, 0.5) is 0 Å². The standard InChI is InChI=1S/C15H22O2/c1-11(2)12-4-5-13(14(8-12)17-3)9-15(10-16)6-7-15/h4-5,8,11,16H,6-7,9-10H2,1-3H3. The highest BCUT2D eigenvalue weighted by Gasteiger charge is 2.42. The highest BCUT2D eigenvalue weighted by molar-refractivity contribution is 5.39. The van der Waals surface area contributed by atoms with E-state index in [1.165, 1.54) is 11.1 Å². The molecule has 0 saturated heterocycles. The summed E-state index contributed by atoms with van der Waals surface area (Å²) in [7, 11) is 1.72. The minimum Gasteiger partial charge on any atom is -0.496 e. The molecule has 1 saturated carbocycles. The summed E-state index contributed by atoms with van der Waals surface area (Å²) in [4.78, 5) is 0. The lowest BCUT2D eigenvalue weighted by Crippen LogP contribution is -2.11. The van der Waals surface area contributed by atoms with Gasteiger partial charge in [0.1, 0.15) is 5.75 Å². The van der Waals surface area contributed by atoms with Crippen molar-refractivity contribution in [3.63, 3.8) is 0 Å². The molecule has 0 aliphatic heterocycles. The van der Waals surface area contributed by atoms with Crippen molar-refractivity contribution in [1.82, 2.24) is 0 Å². The van der Waals surface area contributed by atoms with E-state index in [1.807, 2.05) is 0 Å². The Balaban J connectivity index is 2.22. The van der Waals surface area contributed by atoms with Crippen molar-refractivity contribution in [3.8, 4) is 5.75 Å². The van der Waals surface area contributed by atoms with E-state index in [-0.39, 0.29) is 5.41 Å². The lowest BCUT2D eigenvalue weighted by Gasteiger charge is -2.16. The molecule has 94 valence electrons. The smallest absolute Gasteiger partial charge is 0.122 e. The summed E-state index contributed by atoms with van der Waals surface area (Å²) in [6.07, 6.45) is 3.21. The summed E-state index contributed by atoms with van der Waals surface area (Å²) < 4.78 is 5.47. The third-order valence-corrected chi connectivity index (χ3v) is 3.84. The van der Waals surface area contributed by atoms with Crippen LogP contribution in [0.5, 0.6) is 5.75 Å². The van der Waals surface area contributed by atoms with Crippen LogP contribution in [0.1, 0.15) is 43.7 Å². The molecule has 17 heavy (non-hydrogen) atoms. The van der Waals surface area contributed by atoms with Crippen molar-refractivity contribution in [2.45, 2.75) is 39.0 Å². The van der Waals surface area contributed by atoms with Crippen LogP contribution in [0.15, 0.2) is 18.2 Å². The Labute approximate surface area is 104 Å². The minimum absolute atomic E-state index is 0.145. The first-order chi connectivity index (χ1) is 8.10. The van der Waals surface area contributed by atoms with Gasteiger partial charge in [-0.05, 0) is 47.8 Å². The van der Waals surface area contributed by atoms with Gasteiger partial charge in [-0.1, -0.05) is 26.0 Å². The molecule has 2 rings (SSSR count). The average Bonchev–Trinajstić information content (AvgIpc) is 3.10. The summed E-state index contributed by atoms with van der Waals surface area (Å²) in [6, 6.07) is 6.47. The molecule has 0 amide bonds. The van der Waals surface area contributed by atoms with Crippen molar-refractivity contribution >= 4 is 0 Å². The SMILES string of the molecule is COc1cc(C(C)C)ccc1CC1(CO)CC1. The molecule has 2 heteroatoms. The van der Waals surface area contributed by atoms with Crippen LogP contribution < -0.4 is 4.74 Å². The molecular weight excluding hydrogens is 212 g/mol. The number of ether oxygens (including phenoxy) is 1. The summed E-state index contributed by atoms with van der Waals surface area (Å²) in [5.41, 5.74) is 2.68. The lowest BCUT2D eigenvalue weighted by molar-refractivity contribution is 0.210. The van der Waals surface area contributed by atoms with E-state index in [0.717, 1.165) is 25.0 Å². The van der Waals surface area contributed by atoms with Gasteiger partial charge in [-0.15, -0.1) is 0 Å². The number of hydrogen-bond donors (Lipinski definition) is 1. The molecule has 0 spiro atoms. The molecule has 0 atom stereocenters. The third-order valence-electron chi connectivity index (χ3n) is 3.84. The summed E-state index contributed by atoms with van der Waals surface area (Å²) in [6.45, 7) is 4.66. The zero-order valence-electron chi connectivity index (χ0n) is 11.0. The molecule has 0 heterocycles. The monoisotopic (exact) mass is 234 g/mol. The van der Waals surface area contributed by atoms with Gasteiger partial charge in [0.15, 0.2) is 0 Å². The van der Waals surface area contributed by atoms with Gasteiger partial charge in [-0.2, -0.15) is 0 Å². The topological polar surface area (TPSA) is 29.5 Å². The molecule has 0 radical (unpaired) electrons. The number of methoxy groups -OCH3 is 1. The van der Waals surface area contributed by atoms with Crippen molar-refractivity contribution in [2.24, 2.45) is 5.41 Å².